The second-order valence-corrected chi connectivity index (χ2v) is 10.5. The van der Waals surface area contributed by atoms with E-state index >= 15 is 0 Å². The molecule has 1 fully saturated rings. The third kappa shape index (κ3) is 4.08. The number of carbonyl (C=O) groups excluding carboxylic acids is 1. The Kier molecular flexibility index (Phi) is 5.45. The first-order chi connectivity index (χ1) is 16.2. The van der Waals surface area contributed by atoms with E-state index in [1.807, 2.05) is 0 Å². The number of amides is 1. The summed E-state index contributed by atoms with van der Waals surface area (Å²) < 4.78 is 39.9. The van der Waals surface area contributed by atoms with Crippen molar-refractivity contribution >= 4 is 26.7 Å². The standard InChI is InChI=1S/C23H21NO9S/c25-17-7-21-20(32-11-33-21)5-14(17)13(6-22(27)24-16-9-34(29,30)10-18(16)26)15-8-31-19-4-2-1-3-12(19)23(15)28/h1-5,7-8,13,16,18,25-26H,6,9-11H2,(H,24,27)/t13-,16+,18-/m1/s1. The molecule has 2 aliphatic heterocycles. The van der Waals surface area contributed by atoms with E-state index in [1.54, 1.807) is 24.3 Å². The summed E-state index contributed by atoms with van der Waals surface area (Å²) in [5.74, 6) is -1.90. The highest BCUT2D eigenvalue weighted by Gasteiger charge is 2.38. The highest BCUT2D eigenvalue weighted by Crippen LogP contribution is 2.42. The fourth-order valence-electron chi connectivity index (χ4n) is 4.36. The van der Waals surface area contributed by atoms with Gasteiger partial charge >= 0.3 is 0 Å². The van der Waals surface area contributed by atoms with Crippen molar-refractivity contribution in [2.75, 3.05) is 18.3 Å². The maximum Gasteiger partial charge on any atom is 0.231 e. The van der Waals surface area contributed by atoms with E-state index < -0.39 is 39.6 Å². The van der Waals surface area contributed by atoms with Gasteiger partial charge in [-0.05, 0) is 18.2 Å². The minimum atomic E-state index is -3.47. The molecule has 0 aliphatic carbocycles. The van der Waals surface area contributed by atoms with Gasteiger partial charge in [-0.1, -0.05) is 12.1 Å². The quantitative estimate of drug-likeness (QED) is 0.479. The number of aliphatic hydroxyl groups excluding tert-OH is 1. The number of hydrogen-bond donors (Lipinski definition) is 3. The lowest BCUT2D eigenvalue weighted by Gasteiger charge is -2.21. The van der Waals surface area contributed by atoms with Gasteiger partial charge in [0, 0.05) is 29.5 Å². The summed E-state index contributed by atoms with van der Waals surface area (Å²) in [7, 11) is -3.47. The van der Waals surface area contributed by atoms with Crippen molar-refractivity contribution in [2.24, 2.45) is 0 Å². The highest BCUT2D eigenvalue weighted by molar-refractivity contribution is 7.91. The van der Waals surface area contributed by atoms with Crippen molar-refractivity contribution in [3.05, 3.63) is 64.0 Å². The number of phenols is 1. The van der Waals surface area contributed by atoms with Gasteiger partial charge in [-0.25, -0.2) is 8.42 Å². The van der Waals surface area contributed by atoms with Gasteiger partial charge in [-0.2, -0.15) is 0 Å². The third-order valence-corrected chi connectivity index (χ3v) is 7.75. The summed E-state index contributed by atoms with van der Waals surface area (Å²) in [6.07, 6.45) is -0.293. The van der Waals surface area contributed by atoms with Gasteiger partial charge in [0.25, 0.3) is 0 Å². The van der Waals surface area contributed by atoms with Crippen LogP contribution in [0.25, 0.3) is 11.0 Å². The predicted octanol–water partition coefficient (Wildman–Crippen LogP) is 1.02. The maximum atomic E-state index is 13.3. The molecule has 5 rings (SSSR count). The molecule has 3 N–H and O–H groups in total. The van der Waals surface area contributed by atoms with Crippen molar-refractivity contribution in [2.45, 2.75) is 24.5 Å². The Morgan fingerprint density at radius 2 is 1.85 bits per heavy atom. The Morgan fingerprint density at radius 1 is 1.12 bits per heavy atom. The number of benzene rings is 2. The van der Waals surface area contributed by atoms with E-state index in [9.17, 15) is 28.2 Å². The molecule has 0 saturated carbocycles. The lowest BCUT2D eigenvalue weighted by molar-refractivity contribution is -0.122. The van der Waals surface area contributed by atoms with Crippen molar-refractivity contribution in [3.63, 3.8) is 0 Å². The van der Waals surface area contributed by atoms with Crippen LogP contribution in [0.5, 0.6) is 17.2 Å². The Balaban J connectivity index is 1.54. The number of phenolic OH excluding ortho intramolecular Hbond substituents is 1. The van der Waals surface area contributed by atoms with Gasteiger partial charge < -0.3 is 29.4 Å². The molecule has 1 saturated heterocycles. The minimum Gasteiger partial charge on any atom is -0.508 e. The Morgan fingerprint density at radius 3 is 2.59 bits per heavy atom. The number of rotatable bonds is 5. The first kappa shape index (κ1) is 22.2. The number of hydrogen-bond acceptors (Lipinski definition) is 9. The summed E-state index contributed by atoms with van der Waals surface area (Å²) >= 11 is 0. The molecule has 3 heterocycles. The number of fused-ring (bicyclic) bond motifs is 2. The molecule has 11 heteroatoms. The molecule has 1 amide bonds. The van der Waals surface area contributed by atoms with E-state index in [1.165, 1.54) is 18.4 Å². The van der Waals surface area contributed by atoms with Crippen LogP contribution in [0, 0.1) is 0 Å². The molecular formula is C23H21NO9S. The van der Waals surface area contributed by atoms with Crippen molar-refractivity contribution in [1.29, 1.82) is 0 Å². The highest BCUT2D eigenvalue weighted by atomic mass is 32.2. The number of sulfone groups is 1. The van der Waals surface area contributed by atoms with Crippen LogP contribution in [0.4, 0.5) is 0 Å². The third-order valence-electron chi connectivity index (χ3n) is 6.04. The van der Waals surface area contributed by atoms with Gasteiger partial charge in [-0.3, -0.25) is 9.59 Å². The predicted molar refractivity (Wildman–Crippen MR) is 120 cm³/mol. The van der Waals surface area contributed by atoms with Gasteiger partial charge in [0.05, 0.1) is 35.3 Å². The van der Waals surface area contributed by atoms with E-state index in [0.717, 1.165) is 0 Å². The molecule has 3 atom stereocenters. The van der Waals surface area contributed by atoms with Crippen molar-refractivity contribution in [1.82, 2.24) is 5.32 Å². The second kappa shape index (κ2) is 8.33. The maximum absolute atomic E-state index is 13.3. The Hall–Kier alpha value is -3.57. The summed E-state index contributed by atoms with van der Waals surface area (Å²) in [6, 6.07) is 8.53. The molecule has 0 radical (unpaired) electrons. The van der Waals surface area contributed by atoms with Crippen LogP contribution in [0.1, 0.15) is 23.5 Å². The van der Waals surface area contributed by atoms with Crippen LogP contribution < -0.4 is 20.2 Å². The van der Waals surface area contributed by atoms with Gasteiger partial charge in [0.15, 0.2) is 26.8 Å². The minimum absolute atomic E-state index is 0.0322. The molecular weight excluding hydrogens is 466 g/mol. The molecule has 178 valence electrons. The first-order valence-electron chi connectivity index (χ1n) is 10.5. The number of carbonyl (C=O) groups is 1. The van der Waals surface area contributed by atoms with Gasteiger partial charge in [0.2, 0.25) is 12.7 Å². The van der Waals surface area contributed by atoms with E-state index in [2.05, 4.69) is 5.32 Å². The van der Waals surface area contributed by atoms with E-state index in [-0.39, 0.29) is 41.3 Å². The Bertz CT molecular complexity index is 1450. The lowest BCUT2D eigenvalue weighted by atomic mass is 9.87. The number of ether oxygens (including phenoxy) is 2. The van der Waals surface area contributed by atoms with Gasteiger partial charge in [-0.15, -0.1) is 0 Å². The normalized spacial score (nSPS) is 21.4. The topological polar surface area (TPSA) is 152 Å². The van der Waals surface area contributed by atoms with Crippen LogP contribution in [-0.2, 0) is 14.6 Å². The number of para-hydroxylation sites is 1. The van der Waals surface area contributed by atoms with Crippen LogP contribution in [0.3, 0.4) is 0 Å². The molecule has 0 unspecified atom stereocenters. The SMILES string of the molecule is O=C(C[C@H](c1cc2c(cc1O)OCO2)c1coc2ccccc2c1=O)N[C@H]1CS(=O)(=O)C[C@H]1O. The van der Waals surface area contributed by atoms with Crippen molar-refractivity contribution in [3.8, 4) is 17.2 Å². The summed E-state index contributed by atoms with van der Waals surface area (Å²) in [5, 5.41) is 23.6. The molecule has 2 aromatic carbocycles. The van der Waals surface area contributed by atoms with Crippen LogP contribution in [0.15, 0.2) is 51.9 Å². The van der Waals surface area contributed by atoms with Gasteiger partial charge in [0.1, 0.15) is 11.3 Å². The summed E-state index contributed by atoms with van der Waals surface area (Å²) in [6.45, 7) is -0.0322. The monoisotopic (exact) mass is 487 g/mol. The zero-order valence-electron chi connectivity index (χ0n) is 17.8. The molecule has 1 aromatic heterocycles. The number of nitrogens with one attached hydrogen (secondary N) is 1. The summed E-state index contributed by atoms with van der Waals surface area (Å²) in [4.78, 5) is 26.2. The van der Waals surface area contributed by atoms with E-state index in [4.69, 9.17) is 13.9 Å². The molecule has 10 nitrogen and oxygen atoms in total. The lowest BCUT2D eigenvalue weighted by Crippen LogP contribution is -2.43. The fraction of sp³-hybridized carbons (Fsp3) is 0.304. The van der Waals surface area contributed by atoms with E-state index in [0.29, 0.717) is 22.5 Å². The largest absolute Gasteiger partial charge is 0.508 e. The summed E-state index contributed by atoms with van der Waals surface area (Å²) in [5.41, 5.74) is 0.359. The van der Waals surface area contributed by atoms with Crippen LogP contribution in [0.2, 0.25) is 0 Å². The van der Waals surface area contributed by atoms with Crippen LogP contribution >= 0.6 is 0 Å². The number of aliphatic hydroxyl groups is 1. The number of aromatic hydroxyl groups is 1. The molecule has 0 bridgehead atoms. The van der Waals surface area contributed by atoms with Crippen LogP contribution in [-0.4, -0.2) is 55.0 Å². The molecule has 0 spiro atoms. The Labute approximate surface area is 193 Å². The fourth-order valence-corrected chi connectivity index (χ4v) is 6.11. The zero-order valence-corrected chi connectivity index (χ0v) is 18.6. The zero-order chi connectivity index (χ0) is 24.0. The molecule has 3 aromatic rings. The molecule has 34 heavy (non-hydrogen) atoms. The average Bonchev–Trinajstić information content (AvgIpc) is 3.34. The average molecular weight is 487 g/mol. The molecule has 2 aliphatic rings. The van der Waals surface area contributed by atoms with Crippen molar-refractivity contribution < 1.29 is 37.3 Å². The second-order valence-electron chi connectivity index (χ2n) is 8.36. The smallest absolute Gasteiger partial charge is 0.231 e. The first-order valence-corrected chi connectivity index (χ1v) is 12.3.